The number of methoxy groups -OCH3 is 1. The molecule has 2 N–H and O–H groups in total. The SMILES string of the molecule is COc1cc(Nc2cc(Nc3ccccc3)nc(N3CCCCC3)n2)cc(C(F)(F)F)c1. The molecule has 1 aliphatic heterocycles. The van der Waals surface area contributed by atoms with Crippen LogP contribution in [0.3, 0.4) is 0 Å². The van der Waals surface area contributed by atoms with Crippen molar-refractivity contribution in [2.75, 3.05) is 35.7 Å². The number of aromatic nitrogens is 2. The van der Waals surface area contributed by atoms with Crippen molar-refractivity contribution in [3.8, 4) is 5.75 Å². The molecule has 0 unspecified atom stereocenters. The summed E-state index contributed by atoms with van der Waals surface area (Å²) in [5, 5.41) is 6.24. The second-order valence-electron chi connectivity index (χ2n) is 7.55. The molecule has 32 heavy (non-hydrogen) atoms. The molecule has 0 radical (unpaired) electrons. The van der Waals surface area contributed by atoms with Gasteiger partial charge in [0.25, 0.3) is 0 Å². The predicted octanol–water partition coefficient (Wildman–Crippen LogP) is 5.98. The van der Waals surface area contributed by atoms with Crippen LogP contribution in [0.5, 0.6) is 5.75 Å². The molecule has 0 spiro atoms. The smallest absolute Gasteiger partial charge is 0.416 e. The van der Waals surface area contributed by atoms with Gasteiger partial charge in [0, 0.05) is 36.6 Å². The van der Waals surface area contributed by atoms with Gasteiger partial charge in [0.15, 0.2) is 0 Å². The number of hydrogen-bond donors (Lipinski definition) is 2. The third-order valence-electron chi connectivity index (χ3n) is 5.14. The first-order valence-corrected chi connectivity index (χ1v) is 10.4. The molecule has 0 amide bonds. The number of halogens is 3. The molecule has 168 valence electrons. The van der Waals surface area contributed by atoms with Crippen molar-refractivity contribution in [3.05, 3.63) is 60.2 Å². The summed E-state index contributed by atoms with van der Waals surface area (Å²) in [6.45, 7) is 1.68. The Morgan fingerprint density at radius 3 is 2.12 bits per heavy atom. The molecule has 2 aromatic carbocycles. The number of para-hydroxylation sites is 1. The summed E-state index contributed by atoms with van der Waals surface area (Å²) < 4.78 is 45.0. The van der Waals surface area contributed by atoms with Gasteiger partial charge in [-0.15, -0.1) is 0 Å². The van der Waals surface area contributed by atoms with E-state index in [2.05, 4.69) is 25.5 Å². The van der Waals surface area contributed by atoms with Crippen molar-refractivity contribution in [2.45, 2.75) is 25.4 Å². The Morgan fingerprint density at radius 2 is 1.50 bits per heavy atom. The lowest BCUT2D eigenvalue weighted by Gasteiger charge is -2.27. The standard InChI is InChI=1S/C23H24F3N5O/c1-32-19-13-16(23(24,25)26)12-18(14-19)28-21-15-20(27-17-8-4-2-5-9-17)29-22(30-21)31-10-6-3-7-11-31/h2,4-5,8-9,12-15H,3,6-7,10-11H2,1H3,(H2,27,28,29,30). The van der Waals surface area contributed by atoms with Gasteiger partial charge in [0.2, 0.25) is 5.95 Å². The van der Waals surface area contributed by atoms with Crippen LogP contribution in [0.15, 0.2) is 54.6 Å². The summed E-state index contributed by atoms with van der Waals surface area (Å²) >= 11 is 0. The second kappa shape index (κ2) is 9.33. The summed E-state index contributed by atoms with van der Waals surface area (Å²) in [4.78, 5) is 11.3. The molecular formula is C23H24F3N5O. The highest BCUT2D eigenvalue weighted by Gasteiger charge is 2.31. The fourth-order valence-electron chi connectivity index (χ4n) is 3.57. The van der Waals surface area contributed by atoms with Gasteiger partial charge >= 0.3 is 6.18 Å². The van der Waals surface area contributed by atoms with E-state index in [4.69, 9.17) is 4.74 Å². The lowest BCUT2D eigenvalue weighted by Crippen LogP contribution is -2.31. The van der Waals surface area contributed by atoms with Crippen molar-refractivity contribution in [1.82, 2.24) is 9.97 Å². The first kappa shape index (κ1) is 21.7. The van der Waals surface area contributed by atoms with E-state index in [-0.39, 0.29) is 11.4 Å². The van der Waals surface area contributed by atoms with E-state index in [1.54, 1.807) is 6.07 Å². The van der Waals surface area contributed by atoms with Crippen LogP contribution < -0.4 is 20.3 Å². The first-order chi connectivity index (χ1) is 15.4. The second-order valence-corrected chi connectivity index (χ2v) is 7.55. The van der Waals surface area contributed by atoms with Crippen LogP contribution in [0.25, 0.3) is 0 Å². The molecule has 1 aliphatic rings. The van der Waals surface area contributed by atoms with E-state index in [0.29, 0.717) is 17.6 Å². The molecular weight excluding hydrogens is 419 g/mol. The molecule has 2 heterocycles. The zero-order chi connectivity index (χ0) is 22.6. The molecule has 6 nitrogen and oxygen atoms in total. The minimum atomic E-state index is -4.49. The summed E-state index contributed by atoms with van der Waals surface area (Å²) in [6.07, 6.45) is -1.23. The van der Waals surface area contributed by atoms with E-state index in [1.165, 1.54) is 13.2 Å². The van der Waals surface area contributed by atoms with Gasteiger partial charge < -0.3 is 20.3 Å². The summed E-state index contributed by atoms with van der Waals surface area (Å²) in [5.74, 6) is 1.58. The number of rotatable bonds is 6. The minimum absolute atomic E-state index is 0.107. The molecule has 1 fully saturated rings. The van der Waals surface area contributed by atoms with Crippen molar-refractivity contribution in [1.29, 1.82) is 0 Å². The maximum atomic E-state index is 13.3. The highest BCUT2D eigenvalue weighted by molar-refractivity contribution is 5.66. The maximum Gasteiger partial charge on any atom is 0.416 e. The number of nitrogens with zero attached hydrogens (tertiary/aromatic N) is 3. The van der Waals surface area contributed by atoms with Crippen LogP contribution in [0.1, 0.15) is 24.8 Å². The van der Waals surface area contributed by atoms with Gasteiger partial charge in [0.1, 0.15) is 17.4 Å². The number of piperidine rings is 1. The highest BCUT2D eigenvalue weighted by Crippen LogP contribution is 2.35. The van der Waals surface area contributed by atoms with E-state index in [1.807, 2.05) is 30.3 Å². The normalized spacial score (nSPS) is 14.2. The third kappa shape index (κ3) is 5.40. The largest absolute Gasteiger partial charge is 0.497 e. The van der Waals surface area contributed by atoms with Gasteiger partial charge in [-0.1, -0.05) is 18.2 Å². The van der Waals surface area contributed by atoms with Crippen LogP contribution in [-0.2, 0) is 6.18 Å². The van der Waals surface area contributed by atoms with E-state index < -0.39 is 11.7 Å². The van der Waals surface area contributed by atoms with Gasteiger partial charge in [-0.3, -0.25) is 0 Å². The fourth-order valence-corrected chi connectivity index (χ4v) is 3.57. The minimum Gasteiger partial charge on any atom is -0.497 e. The average Bonchev–Trinajstić information content (AvgIpc) is 2.79. The number of hydrogen-bond acceptors (Lipinski definition) is 6. The summed E-state index contributed by atoms with van der Waals surface area (Å²) in [7, 11) is 1.33. The number of alkyl halides is 3. The van der Waals surface area contributed by atoms with E-state index in [9.17, 15) is 13.2 Å². The molecule has 0 bridgehead atoms. The molecule has 0 atom stereocenters. The quantitative estimate of drug-likeness (QED) is 0.489. The van der Waals surface area contributed by atoms with Crippen molar-refractivity contribution >= 4 is 29.0 Å². The Morgan fingerprint density at radius 1 is 0.844 bits per heavy atom. The van der Waals surface area contributed by atoms with Gasteiger partial charge in [0.05, 0.1) is 12.7 Å². The summed E-state index contributed by atoms with van der Waals surface area (Å²) in [6, 6.07) is 14.7. The Bertz CT molecular complexity index is 1050. The van der Waals surface area contributed by atoms with Crippen LogP contribution >= 0.6 is 0 Å². The number of anilines is 5. The number of ether oxygens (including phenoxy) is 1. The van der Waals surface area contributed by atoms with Crippen molar-refractivity contribution in [2.24, 2.45) is 0 Å². The third-order valence-corrected chi connectivity index (χ3v) is 5.14. The van der Waals surface area contributed by atoms with Crippen LogP contribution in [0.4, 0.5) is 42.1 Å². The average molecular weight is 443 g/mol. The molecule has 0 aliphatic carbocycles. The predicted molar refractivity (Wildman–Crippen MR) is 119 cm³/mol. The molecule has 1 aromatic heterocycles. The Labute approximate surface area is 184 Å². The first-order valence-electron chi connectivity index (χ1n) is 10.4. The summed E-state index contributed by atoms with van der Waals surface area (Å²) in [5.41, 5.74) is 0.278. The Hall–Kier alpha value is -3.49. The monoisotopic (exact) mass is 443 g/mol. The number of benzene rings is 2. The highest BCUT2D eigenvalue weighted by atomic mass is 19.4. The Kier molecular flexibility index (Phi) is 6.34. The van der Waals surface area contributed by atoms with Crippen LogP contribution in [-0.4, -0.2) is 30.2 Å². The Balaban J connectivity index is 1.68. The van der Waals surface area contributed by atoms with Crippen LogP contribution in [0.2, 0.25) is 0 Å². The zero-order valence-corrected chi connectivity index (χ0v) is 17.6. The fraction of sp³-hybridized carbons (Fsp3) is 0.304. The van der Waals surface area contributed by atoms with Crippen molar-refractivity contribution in [3.63, 3.8) is 0 Å². The van der Waals surface area contributed by atoms with Gasteiger partial charge in [-0.05, 0) is 43.5 Å². The maximum absolute atomic E-state index is 13.3. The molecule has 9 heteroatoms. The molecule has 0 saturated carbocycles. The zero-order valence-electron chi connectivity index (χ0n) is 17.6. The molecule has 1 saturated heterocycles. The van der Waals surface area contributed by atoms with E-state index in [0.717, 1.165) is 50.2 Å². The van der Waals surface area contributed by atoms with Crippen LogP contribution in [0, 0.1) is 0 Å². The van der Waals surface area contributed by atoms with Gasteiger partial charge in [-0.2, -0.15) is 23.1 Å². The lowest BCUT2D eigenvalue weighted by atomic mass is 10.1. The topological polar surface area (TPSA) is 62.3 Å². The van der Waals surface area contributed by atoms with E-state index >= 15 is 0 Å². The number of nitrogens with one attached hydrogen (secondary N) is 2. The lowest BCUT2D eigenvalue weighted by molar-refractivity contribution is -0.137. The van der Waals surface area contributed by atoms with Gasteiger partial charge in [-0.25, -0.2) is 0 Å². The molecule has 3 aromatic rings. The van der Waals surface area contributed by atoms with Crippen molar-refractivity contribution < 1.29 is 17.9 Å². The molecule has 4 rings (SSSR count).